The first-order valence-corrected chi connectivity index (χ1v) is 8.94. The van der Waals surface area contributed by atoms with Crippen molar-refractivity contribution in [2.24, 2.45) is 0 Å². The van der Waals surface area contributed by atoms with Crippen LogP contribution in [0.4, 0.5) is 4.79 Å². The van der Waals surface area contributed by atoms with Gasteiger partial charge in [-0.1, -0.05) is 18.1 Å². The maximum atomic E-state index is 11.8. The largest absolute Gasteiger partial charge is 0.481 e. The second-order valence-corrected chi connectivity index (χ2v) is 7.29. The minimum absolute atomic E-state index is 0.231. The van der Waals surface area contributed by atoms with Crippen LogP contribution in [0.5, 0.6) is 5.75 Å². The summed E-state index contributed by atoms with van der Waals surface area (Å²) in [4.78, 5) is 23.9. The monoisotopic (exact) mass is 421 g/mol. The summed E-state index contributed by atoms with van der Waals surface area (Å²) in [6, 6.07) is 10.4. The zero-order valence-corrected chi connectivity index (χ0v) is 15.6. The van der Waals surface area contributed by atoms with Crippen LogP contribution in [0, 0.1) is 12.3 Å². The lowest BCUT2D eigenvalue weighted by Crippen LogP contribution is -2.47. The first-order valence-electron chi connectivity index (χ1n) is 7.33. The second-order valence-electron chi connectivity index (χ2n) is 4.83. The van der Waals surface area contributed by atoms with Crippen LogP contribution in [0.1, 0.15) is 15.2 Å². The molecule has 0 radical (unpaired) electrons. The molecule has 0 spiro atoms. The van der Waals surface area contributed by atoms with E-state index in [9.17, 15) is 9.59 Å². The lowest BCUT2D eigenvalue weighted by molar-refractivity contribution is 0.0940. The number of ether oxygens (including phenoxy) is 1. The van der Waals surface area contributed by atoms with E-state index in [0.717, 1.165) is 9.35 Å². The maximum Gasteiger partial charge on any atom is 0.333 e. The predicted molar refractivity (Wildman–Crippen MR) is 100 cm³/mol. The van der Waals surface area contributed by atoms with E-state index >= 15 is 0 Å². The summed E-state index contributed by atoms with van der Waals surface area (Å²) in [6.07, 6.45) is 5.78. The number of urea groups is 1. The molecular formula is C17H16BrN3O3S. The molecule has 3 N–H and O–H groups in total. The summed E-state index contributed by atoms with van der Waals surface area (Å²) in [6.45, 7) is 0.659. The van der Waals surface area contributed by atoms with Gasteiger partial charge in [-0.15, -0.1) is 17.8 Å². The number of benzene rings is 1. The Kier molecular flexibility index (Phi) is 7.32. The molecule has 0 saturated heterocycles. The molecule has 6 nitrogen and oxygen atoms in total. The van der Waals surface area contributed by atoms with Crippen LogP contribution in [0.25, 0.3) is 0 Å². The van der Waals surface area contributed by atoms with Crippen LogP contribution in [-0.2, 0) is 6.42 Å². The SMILES string of the molecule is C#CCOc1ccc(CCNC(=O)NNC(=O)c2ccc(Br)s2)cc1. The molecule has 0 atom stereocenters. The van der Waals surface area contributed by atoms with E-state index < -0.39 is 6.03 Å². The van der Waals surface area contributed by atoms with Crippen LogP contribution >= 0.6 is 27.3 Å². The third kappa shape index (κ3) is 6.49. The van der Waals surface area contributed by atoms with Crippen LogP contribution in [0.3, 0.4) is 0 Å². The Labute approximate surface area is 158 Å². The Balaban J connectivity index is 1.66. The number of terminal acetylenes is 1. The average Bonchev–Trinajstić information content (AvgIpc) is 3.05. The summed E-state index contributed by atoms with van der Waals surface area (Å²) < 4.78 is 6.13. The Bertz CT molecular complexity index is 768. The second kappa shape index (κ2) is 9.71. The number of amides is 3. The van der Waals surface area contributed by atoms with Gasteiger partial charge < -0.3 is 10.1 Å². The maximum absolute atomic E-state index is 11.8. The summed E-state index contributed by atoms with van der Waals surface area (Å²) >= 11 is 4.56. The molecule has 0 fully saturated rings. The van der Waals surface area contributed by atoms with Crippen molar-refractivity contribution < 1.29 is 14.3 Å². The van der Waals surface area contributed by atoms with E-state index in [0.29, 0.717) is 23.6 Å². The molecule has 0 aliphatic heterocycles. The van der Waals surface area contributed by atoms with Crippen molar-refractivity contribution in [3.05, 3.63) is 50.6 Å². The number of nitrogens with one attached hydrogen (secondary N) is 3. The normalized spacial score (nSPS) is 9.76. The van der Waals surface area contributed by atoms with Crippen LogP contribution in [0.2, 0.25) is 0 Å². The zero-order chi connectivity index (χ0) is 18.1. The van der Waals surface area contributed by atoms with Gasteiger partial charge in [0.05, 0.1) is 8.66 Å². The summed E-state index contributed by atoms with van der Waals surface area (Å²) in [5.74, 6) is 2.74. The van der Waals surface area contributed by atoms with Gasteiger partial charge in [-0.3, -0.25) is 10.2 Å². The fourth-order valence-electron chi connectivity index (χ4n) is 1.85. The number of thiophene rings is 1. The van der Waals surface area contributed by atoms with Crippen molar-refractivity contribution in [3.63, 3.8) is 0 Å². The number of halogens is 1. The highest BCUT2D eigenvalue weighted by atomic mass is 79.9. The molecule has 1 aromatic carbocycles. The minimum atomic E-state index is -0.474. The van der Waals surface area contributed by atoms with E-state index in [-0.39, 0.29) is 12.5 Å². The van der Waals surface area contributed by atoms with Gasteiger partial charge in [0.2, 0.25) is 0 Å². The van der Waals surface area contributed by atoms with E-state index in [4.69, 9.17) is 11.2 Å². The van der Waals surface area contributed by atoms with Crippen molar-refractivity contribution in [2.45, 2.75) is 6.42 Å². The quantitative estimate of drug-likeness (QED) is 0.495. The molecule has 1 heterocycles. The predicted octanol–water partition coefficient (Wildman–Crippen LogP) is 2.71. The van der Waals surface area contributed by atoms with Gasteiger partial charge in [0.25, 0.3) is 5.91 Å². The lowest BCUT2D eigenvalue weighted by atomic mass is 10.1. The van der Waals surface area contributed by atoms with Gasteiger partial charge in [-0.05, 0) is 52.2 Å². The van der Waals surface area contributed by atoms with Gasteiger partial charge in [-0.2, -0.15) is 0 Å². The van der Waals surface area contributed by atoms with Gasteiger partial charge in [-0.25, -0.2) is 10.2 Å². The van der Waals surface area contributed by atoms with Crippen LogP contribution in [0.15, 0.2) is 40.2 Å². The minimum Gasteiger partial charge on any atom is -0.481 e. The fraction of sp³-hybridized carbons (Fsp3) is 0.176. The van der Waals surface area contributed by atoms with Gasteiger partial charge in [0.1, 0.15) is 12.4 Å². The number of rotatable bonds is 6. The highest BCUT2D eigenvalue weighted by Gasteiger charge is 2.09. The molecule has 0 aliphatic carbocycles. The molecule has 25 heavy (non-hydrogen) atoms. The molecule has 130 valence electrons. The third-order valence-electron chi connectivity index (χ3n) is 3.03. The zero-order valence-electron chi connectivity index (χ0n) is 13.2. The molecule has 8 heteroatoms. The third-order valence-corrected chi connectivity index (χ3v) is 4.65. The number of hydrogen-bond acceptors (Lipinski definition) is 4. The van der Waals surface area contributed by atoms with E-state index in [1.165, 1.54) is 11.3 Å². The molecule has 2 rings (SSSR count). The topological polar surface area (TPSA) is 79.5 Å². The summed E-state index contributed by atoms with van der Waals surface area (Å²) in [7, 11) is 0. The Hall–Kier alpha value is -2.50. The van der Waals surface area contributed by atoms with Crippen LogP contribution in [-0.4, -0.2) is 25.1 Å². The number of hydrogen-bond donors (Lipinski definition) is 3. The highest BCUT2D eigenvalue weighted by molar-refractivity contribution is 9.11. The molecular weight excluding hydrogens is 406 g/mol. The highest BCUT2D eigenvalue weighted by Crippen LogP contribution is 2.21. The Morgan fingerprint density at radius 3 is 2.56 bits per heavy atom. The molecule has 2 aromatic rings. The van der Waals surface area contributed by atoms with E-state index in [2.05, 4.69) is 38.0 Å². The van der Waals surface area contributed by atoms with E-state index in [1.54, 1.807) is 12.1 Å². The van der Waals surface area contributed by atoms with Gasteiger partial charge >= 0.3 is 6.03 Å². The van der Waals surface area contributed by atoms with Crippen molar-refractivity contribution in [1.82, 2.24) is 16.2 Å². The number of hydrazine groups is 1. The average molecular weight is 422 g/mol. The smallest absolute Gasteiger partial charge is 0.333 e. The first kappa shape index (κ1) is 18.8. The van der Waals surface area contributed by atoms with Crippen molar-refractivity contribution in [3.8, 4) is 18.1 Å². The molecule has 0 unspecified atom stereocenters. The van der Waals surface area contributed by atoms with Crippen molar-refractivity contribution in [1.29, 1.82) is 0 Å². The molecule has 3 amide bonds. The van der Waals surface area contributed by atoms with E-state index in [1.807, 2.05) is 24.3 Å². The standard InChI is InChI=1S/C17H16BrN3O3S/c1-2-11-24-13-5-3-12(4-6-13)9-10-19-17(23)21-20-16(22)14-7-8-15(18)25-14/h1,3-8H,9-11H2,(H,20,22)(H2,19,21,23). The summed E-state index contributed by atoms with van der Waals surface area (Å²) in [5, 5.41) is 2.66. The summed E-state index contributed by atoms with van der Waals surface area (Å²) in [5.41, 5.74) is 5.70. The van der Waals surface area contributed by atoms with Crippen molar-refractivity contribution >= 4 is 39.2 Å². The molecule has 0 saturated carbocycles. The van der Waals surface area contributed by atoms with Crippen molar-refractivity contribution in [2.75, 3.05) is 13.2 Å². The Morgan fingerprint density at radius 2 is 1.92 bits per heavy atom. The molecule has 0 bridgehead atoms. The van der Waals surface area contributed by atoms with Gasteiger partial charge in [0, 0.05) is 6.54 Å². The fourth-order valence-corrected chi connectivity index (χ4v) is 3.13. The Morgan fingerprint density at radius 1 is 1.16 bits per heavy atom. The number of carbonyl (C=O) groups is 2. The molecule has 1 aromatic heterocycles. The number of carbonyl (C=O) groups excluding carboxylic acids is 2. The first-order chi connectivity index (χ1) is 12.1. The van der Waals surface area contributed by atoms with Gasteiger partial charge in [0.15, 0.2) is 0 Å². The van der Waals surface area contributed by atoms with Crippen LogP contribution < -0.4 is 20.9 Å². The lowest BCUT2D eigenvalue weighted by Gasteiger charge is -2.09. The molecule has 0 aliphatic rings.